The Bertz CT molecular complexity index is 1000. The van der Waals surface area contributed by atoms with E-state index in [9.17, 15) is 0 Å². The third-order valence-electron chi connectivity index (χ3n) is 5.20. The highest BCUT2D eigenvalue weighted by Gasteiger charge is 2.24. The molecule has 3 heterocycles. The van der Waals surface area contributed by atoms with E-state index in [1.165, 1.54) is 0 Å². The molecule has 2 aromatic heterocycles. The summed E-state index contributed by atoms with van der Waals surface area (Å²) in [6.45, 7) is 6.26. The lowest BCUT2D eigenvalue weighted by molar-refractivity contribution is -0.0351. The van der Waals surface area contributed by atoms with Crippen molar-refractivity contribution in [2.75, 3.05) is 38.7 Å². The molecule has 1 aliphatic heterocycles. The molecule has 1 fully saturated rings. The first kappa shape index (κ1) is 22.1. The van der Waals surface area contributed by atoms with E-state index in [1.807, 2.05) is 31.2 Å². The monoisotopic (exact) mass is 435 g/mol. The maximum absolute atomic E-state index is 6.07. The molecule has 0 radical (unpaired) electrons. The Morgan fingerprint density at radius 1 is 1.19 bits per heavy atom. The van der Waals surface area contributed by atoms with Crippen LogP contribution in [0.4, 0.5) is 11.6 Å². The molecule has 1 saturated heterocycles. The van der Waals surface area contributed by atoms with Gasteiger partial charge in [-0.2, -0.15) is 0 Å². The molecule has 8 heteroatoms. The van der Waals surface area contributed by atoms with E-state index in [-0.39, 0.29) is 6.10 Å². The number of hydrogen-bond acceptors (Lipinski definition) is 8. The summed E-state index contributed by atoms with van der Waals surface area (Å²) in [6, 6.07) is 12.1. The standard InChI is InChI=1S/C24H29N5O3/c1-3-31-21-8-7-18(17-30-2)13-19(21)15-29-11-12-32-22(16-29)20-5-4-6-23(27-20)28-24-14-25-9-10-26-24/h4-10,13-14,22H,3,11-12,15-17H2,1-2H3,(H,26,27,28)/t22-/m0/s1. The van der Waals surface area contributed by atoms with Gasteiger partial charge < -0.3 is 19.5 Å². The van der Waals surface area contributed by atoms with Crippen molar-refractivity contribution in [1.29, 1.82) is 0 Å². The van der Waals surface area contributed by atoms with Crippen LogP contribution >= 0.6 is 0 Å². The molecule has 1 aliphatic rings. The number of benzene rings is 1. The summed E-state index contributed by atoms with van der Waals surface area (Å²) in [5.74, 6) is 2.29. The van der Waals surface area contributed by atoms with Gasteiger partial charge in [-0.3, -0.25) is 9.88 Å². The lowest BCUT2D eigenvalue weighted by atomic mass is 10.1. The molecule has 0 saturated carbocycles. The van der Waals surface area contributed by atoms with Crippen molar-refractivity contribution < 1.29 is 14.2 Å². The van der Waals surface area contributed by atoms with Crippen molar-refractivity contribution in [2.24, 2.45) is 0 Å². The Morgan fingerprint density at radius 2 is 2.12 bits per heavy atom. The second kappa shape index (κ2) is 11.0. The van der Waals surface area contributed by atoms with Gasteiger partial charge in [0, 0.05) is 44.7 Å². The van der Waals surface area contributed by atoms with Gasteiger partial charge in [-0.05, 0) is 36.8 Å². The van der Waals surface area contributed by atoms with Gasteiger partial charge in [0.2, 0.25) is 0 Å². The molecule has 168 valence electrons. The second-order valence-corrected chi connectivity index (χ2v) is 7.57. The summed E-state index contributed by atoms with van der Waals surface area (Å²) in [7, 11) is 1.71. The molecule has 3 aromatic rings. The van der Waals surface area contributed by atoms with Crippen LogP contribution in [0.2, 0.25) is 0 Å². The van der Waals surface area contributed by atoms with Crippen molar-refractivity contribution in [3.63, 3.8) is 0 Å². The number of ether oxygens (including phenoxy) is 3. The number of methoxy groups -OCH3 is 1. The van der Waals surface area contributed by atoms with E-state index >= 15 is 0 Å². The number of hydrogen-bond donors (Lipinski definition) is 1. The van der Waals surface area contributed by atoms with E-state index in [4.69, 9.17) is 19.2 Å². The molecule has 0 amide bonds. The Morgan fingerprint density at radius 3 is 2.94 bits per heavy atom. The summed E-state index contributed by atoms with van der Waals surface area (Å²) in [4.78, 5) is 15.5. The molecular formula is C24H29N5O3. The minimum Gasteiger partial charge on any atom is -0.494 e. The Kier molecular flexibility index (Phi) is 7.60. The SMILES string of the molecule is CCOc1ccc(COC)cc1CN1CCO[C@H](c2cccc(Nc3cnccn3)n2)C1. The van der Waals surface area contributed by atoms with Gasteiger partial charge in [-0.25, -0.2) is 9.97 Å². The molecule has 0 aliphatic carbocycles. The van der Waals surface area contributed by atoms with Crippen LogP contribution in [0.1, 0.15) is 29.8 Å². The Hall–Kier alpha value is -3.07. The van der Waals surface area contributed by atoms with Gasteiger partial charge in [0.15, 0.2) is 0 Å². The van der Waals surface area contributed by atoms with Gasteiger partial charge in [0.05, 0.1) is 31.7 Å². The summed E-state index contributed by atoms with van der Waals surface area (Å²) < 4.78 is 17.2. The number of morpholine rings is 1. The van der Waals surface area contributed by atoms with Crippen LogP contribution in [0.3, 0.4) is 0 Å². The maximum Gasteiger partial charge on any atom is 0.150 e. The molecule has 1 aromatic carbocycles. The quantitative estimate of drug-likeness (QED) is 0.544. The van der Waals surface area contributed by atoms with E-state index < -0.39 is 0 Å². The van der Waals surface area contributed by atoms with Crippen LogP contribution < -0.4 is 10.1 Å². The predicted molar refractivity (Wildman–Crippen MR) is 122 cm³/mol. The molecular weight excluding hydrogens is 406 g/mol. The zero-order chi connectivity index (χ0) is 22.2. The first-order valence-electron chi connectivity index (χ1n) is 10.8. The van der Waals surface area contributed by atoms with E-state index in [0.29, 0.717) is 25.6 Å². The summed E-state index contributed by atoms with van der Waals surface area (Å²) in [6.07, 6.45) is 4.85. The van der Waals surface area contributed by atoms with Crippen molar-refractivity contribution in [2.45, 2.75) is 26.2 Å². The minimum atomic E-state index is -0.106. The Balaban J connectivity index is 1.46. The van der Waals surface area contributed by atoms with Gasteiger partial charge >= 0.3 is 0 Å². The summed E-state index contributed by atoms with van der Waals surface area (Å²) >= 11 is 0. The largest absolute Gasteiger partial charge is 0.494 e. The number of nitrogens with zero attached hydrogens (tertiary/aromatic N) is 4. The average molecular weight is 436 g/mol. The van der Waals surface area contributed by atoms with Crippen LogP contribution in [0.25, 0.3) is 0 Å². The first-order chi connectivity index (χ1) is 15.7. The minimum absolute atomic E-state index is 0.106. The van der Waals surface area contributed by atoms with E-state index in [0.717, 1.165) is 48.0 Å². The van der Waals surface area contributed by atoms with Crippen LogP contribution in [0, 0.1) is 0 Å². The molecule has 32 heavy (non-hydrogen) atoms. The van der Waals surface area contributed by atoms with Gasteiger partial charge in [-0.15, -0.1) is 0 Å². The van der Waals surface area contributed by atoms with Crippen molar-refractivity contribution >= 4 is 11.6 Å². The predicted octanol–water partition coefficient (Wildman–Crippen LogP) is 3.73. The lowest BCUT2D eigenvalue weighted by Gasteiger charge is -2.33. The lowest BCUT2D eigenvalue weighted by Crippen LogP contribution is -2.38. The van der Waals surface area contributed by atoms with Crippen molar-refractivity contribution in [1.82, 2.24) is 19.9 Å². The Labute approximate surface area is 188 Å². The maximum atomic E-state index is 6.07. The highest BCUT2D eigenvalue weighted by atomic mass is 16.5. The first-order valence-corrected chi connectivity index (χ1v) is 10.8. The molecule has 0 bridgehead atoms. The molecule has 0 unspecified atom stereocenters. The highest BCUT2D eigenvalue weighted by molar-refractivity contribution is 5.50. The number of rotatable bonds is 9. The van der Waals surface area contributed by atoms with E-state index in [2.05, 4.69) is 32.3 Å². The third kappa shape index (κ3) is 5.79. The number of anilines is 2. The van der Waals surface area contributed by atoms with Crippen LogP contribution in [-0.4, -0.2) is 53.3 Å². The fraction of sp³-hybridized carbons (Fsp3) is 0.375. The van der Waals surface area contributed by atoms with Gasteiger partial charge in [0.25, 0.3) is 0 Å². The number of pyridine rings is 1. The van der Waals surface area contributed by atoms with E-state index in [1.54, 1.807) is 25.7 Å². The zero-order valence-electron chi connectivity index (χ0n) is 18.5. The van der Waals surface area contributed by atoms with Gasteiger partial charge in [-0.1, -0.05) is 12.1 Å². The highest BCUT2D eigenvalue weighted by Crippen LogP contribution is 2.27. The topological polar surface area (TPSA) is 81.6 Å². The van der Waals surface area contributed by atoms with Gasteiger partial charge in [0.1, 0.15) is 23.5 Å². The van der Waals surface area contributed by atoms with Crippen LogP contribution in [0.15, 0.2) is 55.0 Å². The normalized spacial score (nSPS) is 16.6. The molecule has 1 atom stereocenters. The fourth-order valence-electron chi connectivity index (χ4n) is 3.77. The molecule has 0 spiro atoms. The second-order valence-electron chi connectivity index (χ2n) is 7.57. The fourth-order valence-corrected chi connectivity index (χ4v) is 3.77. The summed E-state index contributed by atoms with van der Waals surface area (Å²) in [5.41, 5.74) is 3.19. The molecule has 1 N–H and O–H groups in total. The summed E-state index contributed by atoms with van der Waals surface area (Å²) in [5, 5.41) is 3.19. The van der Waals surface area contributed by atoms with Crippen LogP contribution in [0.5, 0.6) is 5.75 Å². The smallest absolute Gasteiger partial charge is 0.150 e. The number of aromatic nitrogens is 3. The molecule has 4 rings (SSSR count). The third-order valence-corrected chi connectivity index (χ3v) is 5.20. The van der Waals surface area contributed by atoms with Crippen molar-refractivity contribution in [3.8, 4) is 5.75 Å². The zero-order valence-corrected chi connectivity index (χ0v) is 18.5. The molecule has 8 nitrogen and oxygen atoms in total. The average Bonchev–Trinajstić information content (AvgIpc) is 2.82. The van der Waals surface area contributed by atoms with Crippen molar-refractivity contribution in [3.05, 3.63) is 71.8 Å². The van der Waals surface area contributed by atoms with Crippen LogP contribution in [-0.2, 0) is 22.6 Å². The number of nitrogens with one attached hydrogen (secondary N) is 1.